The Balaban J connectivity index is 1.83. The monoisotopic (exact) mass is 411 g/mol. The quantitative estimate of drug-likeness (QED) is 0.454. The van der Waals surface area contributed by atoms with E-state index < -0.39 is 0 Å². The Kier molecular flexibility index (Phi) is 6.44. The highest BCUT2D eigenvalue weighted by atomic mass is 32.2. The van der Waals surface area contributed by atoms with Crippen LogP contribution in [0.4, 0.5) is 5.69 Å². The molecule has 0 spiro atoms. The average Bonchev–Trinajstić information content (AvgIpc) is 2.83. The molecule has 3 aromatic rings. The lowest BCUT2D eigenvalue weighted by Crippen LogP contribution is -2.04. The van der Waals surface area contributed by atoms with Crippen LogP contribution in [0.3, 0.4) is 0 Å². The Hall–Kier alpha value is -2.71. The molecule has 152 valence electrons. The molecule has 0 radical (unpaired) electrons. The SMILES string of the molecule is C=C1/C=C\C=C/Cc2ccc(CCCC)c(Sc3cc4ccccc4cc3C)c2N1. The van der Waals surface area contributed by atoms with E-state index in [1.165, 1.54) is 55.8 Å². The van der Waals surface area contributed by atoms with E-state index in [4.69, 9.17) is 0 Å². The summed E-state index contributed by atoms with van der Waals surface area (Å²) < 4.78 is 0. The van der Waals surface area contributed by atoms with Crippen molar-refractivity contribution in [1.29, 1.82) is 0 Å². The normalized spacial score (nSPS) is 15.6. The van der Waals surface area contributed by atoms with Crippen molar-refractivity contribution in [3.8, 4) is 0 Å². The minimum absolute atomic E-state index is 0.915. The summed E-state index contributed by atoms with van der Waals surface area (Å²) >= 11 is 1.89. The van der Waals surface area contributed by atoms with Crippen LogP contribution in [0, 0.1) is 6.92 Å². The Morgan fingerprint density at radius 2 is 1.83 bits per heavy atom. The van der Waals surface area contributed by atoms with Gasteiger partial charge in [-0.2, -0.15) is 0 Å². The second-order valence-electron chi connectivity index (χ2n) is 7.90. The van der Waals surface area contributed by atoms with Gasteiger partial charge >= 0.3 is 0 Å². The van der Waals surface area contributed by atoms with Crippen molar-refractivity contribution in [2.75, 3.05) is 5.32 Å². The largest absolute Gasteiger partial charge is 0.355 e. The molecule has 30 heavy (non-hydrogen) atoms. The van der Waals surface area contributed by atoms with Gasteiger partial charge in [-0.25, -0.2) is 0 Å². The highest BCUT2D eigenvalue weighted by Crippen LogP contribution is 2.42. The van der Waals surface area contributed by atoms with Crippen LogP contribution in [0.25, 0.3) is 10.8 Å². The first kappa shape index (κ1) is 20.6. The maximum absolute atomic E-state index is 4.21. The molecule has 0 aliphatic carbocycles. The summed E-state index contributed by atoms with van der Waals surface area (Å²) in [7, 11) is 0. The molecule has 0 bridgehead atoms. The molecule has 4 rings (SSSR count). The predicted molar refractivity (Wildman–Crippen MR) is 133 cm³/mol. The van der Waals surface area contributed by atoms with Crippen molar-refractivity contribution in [2.24, 2.45) is 0 Å². The Bertz CT molecular complexity index is 1140. The second kappa shape index (κ2) is 9.40. The summed E-state index contributed by atoms with van der Waals surface area (Å²) in [5, 5.41) is 6.21. The topological polar surface area (TPSA) is 12.0 Å². The number of fused-ring (bicyclic) bond motifs is 2. The van der Waals surface area contributed by atoms with Crippen LogP contribution in [0.15, 0.2) is 94.9 Å². The molecule has 0 amide bonds. The molecule has 0 atom stereocenters. The van der Waals surface area contributed by atoms with Crippen LogP contribution >= 0.6 is 11.8 Å². The van der Waals surface area contributed by atoms with E-state index in [0.29, 0.717) is 0 Å². The smallest absolute Gasteiger partial charge is 0.0564 e. The number of allylic oxidation sites excluding steroid dienone is 4. The van der Waals surface area contributed by atoms with Gasteiger partial charge in [0.25, 0.3) is 0 Å². The van der Waals surface area contributed by atoms with Crippen LogP contribution in [0.1, 0.15) is 36.5 Å². The molecular weight excluding hydrogens is 382 g/mol. The van der Waals surface area contributed by atoms with Gasteiger partial charge in [-0.15, -0.1) is 0 Å². The molecule has 1 heterocycles. The van der Waals surface area contributed by atoms with Gasteiger partial charge in [0, 0.05) is 15.5 Å². The summed E-state index contributed by atoms with van der Waals surface area (Å²) in [4.78, 5) is 2.65. The van der Waals surface area contributed by atoms with E-state index in [0.717, 1.165) is 18.5 Å². The minimum atomic E-state index is 0.915. The molecule has 0 saturated heterocycles. The fraction of sp³-hybridized carbons (Fsp3) is 0.214. The number of hydrogen-bond donors (Lipinski definition) is 1. The van der Waals surface area contributed by atoms with E-state index in [2.05, 4.69) is 92.5 Å². The van der Waals surface area contributed by atoms with Crippen LogP contribution < -0.4 is 5.32 Å². The molecule has 0 unspecified atom stereocenters. The average molecular weight is 412 g/mol. The number of rotatable bonds is 5. The Morgan fingerprint density at radius 1 is 1.03 bits per heavy atom. The Morgan fingerprint density at radius 3 is 2.63 bits per heavy atom. The number of unbranched alkanes of at least 4 members (excludes halogenated alkanes) is 1. The standard InChI is InChI=1S/C28H29NS/c1-4-5-12-23-17-16-22-13-8-6-7-11-21(3)29-27(22)28(23)30-26-19-25-15-10-9-14-24(25)18-20(26)2/h6-11,14-19,29H,3-5,12-13H2,1-2H3/b8-6-,11-7-. The molecule has 1 N–H and O–H groups in total. The van der Waals surface area contributed by atoms with Gasteiger partial charge in [0.15, 0.2) is 0 Å². The van der Waals surface area contributed by atoms with Crippen molar-refractivity contribution >= 4 is 28.2 Å². The highest BCUT2D eigenvalue weighted by Gasteiger charge is 2.16. The maximum atomic E-state index is 4.21. The lowest BCUT2D eigenvalue weighted by atomic mass is 10.0. The highest BCUT2D eigenvalue weighted by molar-refractivity contribution is 7.99. The molecule has 0 aromatic heterocycles. The zero-order valence-corrected chi connectivity index (χ0v) is 18.7. The third-order valence-electron chi connectivity index (χ3n) is 5.55. The zero-order valence-electron chi connectivity index (χ0n) is 17.9. The van der Waals surface area contributed by atoms with E-state index in [1.54, 1.807) is 0 Å². The molecule has 2 heteroatoms. The molecule has 1 nitrogen and oxygen atoms in total. The van der Waals surface area contributed by atoms with Gasteiger partial charge < -0.3 is 5.32 Å². The predicted octanol–water partition coefficient (Wildman–Crippen LogP) is 8.24. The van der Waals surface area contributed by atoms with Crippen molar-refractivity contribution in [3.63, 3.8) is 0 Å². The summed E-state index contributed by atoms with van der Waals surface area (Å²) in [5.41, 5.74) is 6.19. The molecule has 0 saturated carbocycles. The summed E-state index contributed by atoms with van der Waals surface area (Å²) in [6.45, 7) is 8.69. The first-order valence-corrected chi connectivity index (χ1v) is 11.6. The summed E-state index contributed by atoms with van der Waals surface area (Å²) in [6, 6.07) is 17.9. The third kappa shape index (κ3) is 4.55. The molecular formula is C28H29NS. The van der Waals surface area contributed by atoms with Crippen LogP contribution in [-0.4, -0.2) is 0 Å². The third-order valence-corrected chi connectivity index (χ3v) is 6.88. The lowest BCUT2D eigenvalue weighted by Gasteiger charge is -2.20. The second-order valence-corrected chi connectivity index (χ2v) is 8.95. The van der Waals surface area contributed by atoms with Crippen LogP contribution in [0.5, 0.6) is 0 Å². The van der Waals surface area contributed by atoms with Gasteiger partial charge in [0.2, 0.25) is 0 Å². The van der Waals surface area contributed by atoms with Crippen molar-refractivity contribution in [1.82, 2.24) is 0 Å². The molecule has 3 aromatic carbocycles. The van der Waals surface area contributed by atoms with Crippen molar-refractivity contribution in [2.45, 2.75) is 49.3 Å². The first-order chi connectivity index (χ1) is 14.7. The van der Waals surface area contributed by atoms with Crippen LogP contribution in [-0.2, 0) is 12.8 Å². The van der Waals surface area contributed by atoms with Gasteiger partial charge in [-0.05, 0) is 65.8 Å². The number of benzene rings is 3. The van der Waals surface area contributed by atoms with Crippen molar-refractivity contribution in [3.05, 3.63) is 102 Å². The Labute approximate surface area is 184 Å². The van der Waals surface area contributed by atoms with Gasteiger partial charge in [0.05, 0.1) is 5.69 Å². The zero-order chi connectivity index (χ0) is 20.9. The minimum Gasteiger partial charge on any atom is -0.355 e. The fourth-order valence-corrected chi connectivity index (χ4v) is 5.07. The van der Waals surface area contributed by atoms with E-state index >= 15 is 0 Å². The summed E-state index contributed by atoms with van der Waals surface area (Å²) in [6.07, 6.45) is 12.8. The number of aryl methyl sites for hydroxylation is 2. The first-order valence-electron chi connectivity index (χ1n) is 10.8. The molecule has 0 fully saturated rings. The summed E-state index contributed by atoms with van der Waals surface area (Å²) in [5.74, 6) is 0. The van der Waals surface area contributed by atoms with Gasteiger partial charge in [0.1, 0.15) is 0 Å². The molecule has 1 aliphatic rings. The van der Waals surface area contributed by atoms with Gasteiger partial charge in [-0.3, -0.25) is 0 Å². The van der Waals surface area contributed by atoms with E-state index in [9.17, 15) is 0 Å². The van der Waals surface area contributed by atoms with Crippen LogP contribution in [0.2, 0.25) is 0 Å². The van der Waals surface area contributed by atoms with Gasteiger partial charge in [-0.1, -0.05) is 92.4 Å². The maximum Gasteiger partial charge on any atom is 0.0564 e. The number of anilines is 1. The lowest BCUT2D eigenvalue weighted by molar-refractivity contribution is 0.785. The number of hydrogen-bond acceptors (Lipinski definition) is 2. The van der Waals surface area contributed by atoms with E-state index in [1.807, 2.05) is 17.8 Å². The van der Waals surface area contributed by atoms with E-state index in [-0.39, 0.29) is 0 Å². The fourth-order valence-electron chi connectivity index (χ4n) is 3.86. The molecule has 1 aliphatic heterocycles. The van der Waals surface area contributed by atoms with Crippen molar-refractivity contribution < 1.29 is 0 Å². The number of nitrogens with one attached hydrogen (secondary N) is 1.